The minimum atomic E-state index is -0.491. The van der Waals surface area contributed by atoms with Crippen molar-refractivity contribution < 1.29 is 18.7 Å². The van der Waals surface area contributed by atoms with Gasteiger partial charge in [-0.1, -0.05) is 0 Å². The summed E-state index contributed by atoms with van der Waals surface area (Å²) in [6.07, 6.45) is 2.07. The van der Waals surface area contributed by atoms with Gasteiger partial charge in [0.2, 0.25) is 5.91 Å². The molecule has 6 heteroatoms. The molecule has 3 N–H and O–H groups in total. The summed E-state index contributed by atoms with van der Waals surface area (Å²) in [5, 5.41) is 2.67. The van der Waals surface area contributed by atoms with Gasteiger partial charge in [0.1, 0.15) is 5.82 Å². The molecule has 0 aliphatic carbocycles. The predicted octanol–water partition coefficient (Wildman–Crippen LogP) is 1.93. The second-order valence-corrected chi connectivity index (χ2v) is 4.74. The van der Waals surface area contributed by atoms with Crippen LogP contribution in [0.4, 0.5) is 15.8 Å². The maximum absolute atomic E-state index is 13.0. The lowest BCUT2D eigenvalue weighted by Gasteiger charge is -2.10. The second kappa shape index (κ2) is 7.21. The van der Waals surface area contributed by atoms with Crippen LogP contribution in [0, 0.1) is 5.82 Å². The number of hydrogen-bond donors (Lipinski definition) is 2. The molecule has 1 aliphatic rings. The Bertz CT molecular complexity index is 462. The van der Waals surface area contributed by atoms with Crippen LogP contribution in [0.25, 0.3) is 0 Å². The third kappa shape index (κ3) is 4.47. The van der Waals surface area contributed by atoms with Gasteiger partial charge in [0.15, 0.2) is 0 Å². The highest BCUT2D eigenvalue weighted by Crippen LogP contribution is 2.16. The largest absolute Gasteiger partial charge is 0.396 e. The van der Waals surface area contributed by atoms with Crippen molar-refractivity contribution in [1.29, 1.82) is 0 Å². The lowest BCUT2D eigenvalue weighted by Crippen LogP contribution is -2.16. The van der Waals surface area contributed by atoms with E-state index in [1.165, 1.54) is 18.2 Å². The van der Waals surface area contributed by atoms with Gasteiger partial charge in [-0.05, 0) is 31.0 Å². The number of nitrogens with one attached hydrogen (secondary N) is 1. The van der Waals surface area contributed by atoms with Gasteiger partial charge in [0.25, 0.3) is 0 Å². The van der Waals surface area contributed by atoms with Crippen LogP contribution in [0.2, 0.25) is 0 Å². The first-order valence-electron chi connectivity index (χ1n) is 6.69. The van der Waals surface area contributed by atoms with E-state index in [0.29, 0.717) is 31.7 Å². The molecule has 1 aliphatic heterocycles. The summed E-state index contributed by atoms with van der Waals surface area (Å²) in [7, 11) is 0. The fourth-order valence-corrected chi connectivity index (χ4v) is 1.97. The molecule has 1 fully saturated rings. The molecular weight excluding hydrogens is 263 g/mol. The number of hydrogen-bond acceptors (Lipinski definition) is 4. The maximum atomic E-state index is 13.0. The summed E-state index contributed by atoms with van der Waals surface area (Å²) < 4.78 is 23.7. The zero-order valence-corrected chi connectivity index (χ0v) is 11.2. The Balaban J connectivity index is 1.65. The molecular formula is C14H19FN2O3. The topological polar surface area (TPSA) is 73.6 Å². The van der Waals surface area contributed by atoms with Gasteiger partial charge in [-0.3, -0.25) is 4.79 Å². The average molecular weight is 282 g/mol. The molecule has 1 heterocycles. The molecule has 1 atom stereocenters. The molecule has 1 aromatic carbocycles. The van der Waals surface area contributed by atoms with E-state index in [1.54, 1.807) is 0 Å². The zero-order valence-electron chi connectivity index (χ0n) is 11.2. The van der Waals surface area contributed by atoms with Gasteiger partial charge in [0, 0.05) is 25.3 Å². The summed E-state index contributed by atoms with van der Waals surface area (Å²) in [4.78, 5) is 11.7. The molecule has 1 saturated heterocycles. The standard InChI is InChI=1S/C14H19FN2O3/c15-12-4-3-10(8-13(12)16)17-14(18)2-1-6-20-11-5-7-19-9-11/h3-4,8,11H,1-2,5-7,9,16H2,(H,17,18). The van der Waals surface area contributed by atoms with Gasteiger partial charge >= 0.3 is 0 Å². The molecule has 1 amide bonds. The Labute approximate surface area is 117 Å². The van der Waals surface area contributed by atoms with Crippen molar-refractivity contribution in [2.24, 2.45) is 0 Å². The normalized spacial score (nSPS) is 18.1. The minimum Gasteiger partial charge on any atom is -0.396 e. The molecule has 0 bridgehead atoms. The van der Waals surface area contributed by atoms with Gasteiger partial charge in [-0.15, -0.1) is 0 Å². The van der Waals surface area contributed by atoms with Crippen molar-refractivity contribution >= 4 is 17.3 Å². The molecule has 110 valence electrons. The number of carbonyl (C=O) groups is 1. The van der Waals surface area contributed by atoms with Crippen LogP contribution in [0.5, 0.6) is 0 Å². The van der Waals surface area contributed by atoms with E-state index in [9.17, 15) is 9.18 Å². The number of nitrogens with two attached hydrogens (primary N) is 1. The number of anilines is 2. The zero-order chi connectivity index (χ0) is 14.4. The Morgan fingerprint density at radius 2 is 2.40 bits per heavy atom. The molecule has 0 radical (unpaired) electrons. The van der Waals surface area contributed by atoms with Crippen LogP contribution in [-0.2, 0) is 14.3 Å². The molecule has 0 saturated carbocycles. The van der Waals surface area contributed by atoms with Gasteiger partial charge in [-0.2, -0.15) is 0 Å². The van der Waals surface area contributed by atoms with Crippen molar-refractivity contribution in [2.45, 2.75) is 25.4 Å². The summed E-state index contributed by atoms with van der Waals surface area (Å²) in [6, 6.07) is 4.11. The van der Waals surface area contributed by atoms with Crippen LogP contribution in [0.1, 0.15) is 19.3 Å². The highest BCUT2D eigenvalue weighted by molar-refractivity contribution is 5.91. The minimum absolute atomic E-state index is 0.0207. The van der Waals surface area contributed by atoms with Crippen molar-refractivity contribution in [3.05, 3.63) is 24.0 Å². The molecule has 2 rings (SSSR count). The average Bonchev–Trinajstić information content (AvgIpc) is 2.92. The van der Waals surface area contributed by atoms with Crippen molar-refractivity contribution in [1.82, 2.24) is 0 Å². The van der Waals surface area contributed by atoms with Gasteiger partial charge in [-0.25, -0.2) is 4.39 Å². The number of carbonyl (C=O) groups excluding carboxylic acids is 1. The van der Waals surface area contributed by atoms with E-state index in [1.807, 2.05) is 0 Å². The number of halogens is 1. The number of nitrogen functional groups attached to an aromatic ring is 1. The molecule has 1 unspecified atom stereocenters. The summed E-state index contributed by atoms with van der Waals surface area (Å²) in [5.41, 5.74) is 5.95. The van der Waals surface area contributed by atoms with E-state index in [2.05, 4.69) is 5.32 Å². The molecule has 20 heavy (non-hydrogen) atoms. The first kappa shape index (κ1) is 14.7. The van der Waals surface area contributed by atoms with E-state index >= 15 is 0 Å². The highest BCUT2D eigenvalue weighted by Gasteiger charge is 2.15. The maximum Gasteiger partial charge on any atom is 0.224 e. The second-order valence-electron chi connectivity index (χ2n) is 4.74. The lowest BCUT2D eigenvalue weighted by atomic mass is 10.2. The lowest BCUT2D eigenvalue weighted by molar-refractivity contribution is -0.116. The first-order valence-corrected chi connectivity index (χ1v) is 6.69. The number of ether oxygens (including phenoxy) is 2. The molecule has 1 aromatic rings. The van der Waals surface area contributed by atoms with Gasteiger partial charge < -0.3 is 20.5 Å². The van der Waals surface area contributed by atoms with E-state index in [0.717, 1.165) is 13.0 Å². The third-order valence-corrected chi connectivity index (χ3v) is 3.07. The monoisotopic (exact) mass is 282 g/mol. The van der Waals surface area contributed by atoms with Gasteiger partial charge in [0.05, 0.1) is 18.4 Å². The molecule has 0 spiro atoms. The first-order chi connectivity index (χ1) is 9.65. The number of amides is 1. The number of benzene rings is 1. The highest BCUT2D eigenvalue weighted by atomic mass is 19.1. The quantitative estimate of drug-likeness (QED) is 0.617. The smallest absolute Gasteiger partial charge is 0.224 e. The summed E-state index contributed by atoms with van der Waals surface area (Å²) >= 11 is 0. The van der Waals surface area contributed by atoms with E-state index in [4.69, 9.17) is 15.2 Å². The number of rotatable bonds is 6. The Hall–Kier alpha value is -1.66. The van der Waals surface area contributed by atoms with Crippen LogP contribution in [-0.4, -0.2) is 31.8 Å². The van der Waals surface area contributed by atoms with E-state index in [-0.39, 0.29) is 17.7 Å². The Morgan fingerprint density at radius 3 is 3.10 bits per heavy atom. The molecule has 5 nitrogen and oxygen atoms in total. The van der Waals surface area contributed by atoms with Crippen molar-refractivity contribution in [3.63, 3.8) is 0 Å². The van der Waals surface area contributed by atoms with Crippen molar-refractivity contribution in [2.75, 3.05) is 30.9 Å². The predicted molar refractivity (Wildman–Crippen MR) is 73.9 cm³/mol. The Kier molecular flexibility index (Phi) is 5.31. The molecule has 0 aromatic heterocycles. The van der Waals surface area contributed by atoms with Crippen LogP contribution in [0.3, 0.4) is 0 Å². The summed E-state index contributed by atoms with van der Waals surface area (Å²) in [6.45, 7) is 1.92. The van der Waals surface area contributed by atoms with Crippen molar-refractivity contribution in [3.8, 4) is 0 Å². The van der Waals surface area contributed by atoms with Crippen LogP contribution < -0.4 is 11.1 Å². The Morgan fingerprint density at radius 1 is 1.55 bits per heavy atom. The third-order valence-electron chi connectivity index (χ3n) is 3.07. The van der Waals surface area contributed by atoms with Crippen LogP contribution >= 0.6 is 0 Å². The van der Waals surface area contributed by atoms with E-state index < -0.39 is 5.82 Å². The van der Waals surface area contributed by atoms with Crippen LogP contribution in [0.15, 0.2) is 18.2 Å². The SMILES string of the molecule is Nc1cc(NC(=O)CCCOC2CCOC2)ccc1F. The fourth-order valence-electron chi connectivity index (χ4n) is 1.97. The summed E-state index contributed by atoms with van der Waals surface area (Å²) in [5.74, 6) is -0.627. The fraction of sp³-hybridized carbons (Fsp3) is 0.500.